The van der Waals surface area contributed by atoms with Crippen LogP contribution >= 0.6 is 0 Å². The Bertz CT molecular complexity index is 468. The van der Waals surface area contributed by atoms with Crippen LogP contribution in [-0.2, 0) is 0 Å². The third-order valence-corrected chi connectivity index (χ3v) is 2.85. The van der Waals surface area contributed by atoms with Crippen molar-refractivity contribution in [2.24, 2.45) is 5.92 Å². The van der Waals surface area contributed by atoms with Crippen LogP contribution in [0.15, 0.2) is 30.4 Å². The van der Waals surface area contributed by atoms with Gasteiger partial charge in [0.25, 0.3) is 5.91 Å². The maximum absolute atomic E-state index is 13.0. The van der Waals surface area contributed by atoms with Crippen molar-refractivity contribution in [3.8, 4) is 0 Å². The summed E-state index contributed by atoms with van der Waals surface area (Å²) in [5.74, 6) is -2.06. The minimum Gasteiger partial charge on any atom is -0.396 e. The zero-order chi connectivity index (χ0) is 13.1. The number of carbonyl (C=O) groups excluding carboxylic acids is 1. The molecule has 0 saturated carbocycles. The third-order valence-electron chi connectivity index (χ3n) is 2.85. The normalized spacial score (nSPS) is 22.2. The number of nitrogens with one attached hydrogen (secondary N) is 1. The van der Waals surface area contributed by atoms with Crippen molar-refractivity contribution in [3.63, 3.8) is 0 Å². The van der Waals surface area contributed by atoms with Crippen molar-refractivity contribution in [2.45, 2.75) is 12.5 Å². The van der Waals surface area contributed by atoms with E-state index in [0.717, 1.165) is 12.1 Å². The van der Waals surface area contributed by atoms with Gasteiger partial charge in [-0.3, -0.25) is 4.79 Å². The number of aliphatic hydroxyl groups excluding tert-OH is 1. The molecule has 0 aliphatic heterocycles. The van der Waals surface area contributed by atoms with Crippen LogP contribution in [0.1, 0.15) is 16.8 Å². The third kappa shape index (κ3) is 2.92. The van der Waals surface area contributed by atoms with Crippen LogP contribution in [0.4, 0.5) is 8.78 Å². The number of halogens is 2. The maximum Gasteiger partial charge on any atom is 0.251 e. The van der Waals surface area contributed by atoms with Gasteiger partial charge in [-0.15, -0.1) is 0 Å². The van der Waals surface area contributed by atoms with E-state index in [1.807, 2.05) is 6.08 Å². The highest BCUT2D eigenvalue weighted by Crippen LogP contribution is 2.17. The first-order valence-electron chi connectivity index (χ1n) is 5.64. The lowest BCUT2D eigenvalue weighted by atomic mass is 10.1. The molecule has 0 radical (unpaired) electrons. The Labute approximate surface area is 103 Å². The Morgan fingerprint density at radius 2 is 1.94 bits per heavy atom. The minimum atomic E-state index is -0.782. The van der Waals surface area contributed by atoms with Crippen molar-refractivity contribution < 1.29 is 18.7 Å². The summed E-state index contributed by atoms with van der Waals surface area (Å²) in [7, 11) is 0. The number of benzene rings is 1. The van der Waals surface area contributed by atoms with Gasteiger partial charge in [-0.05, 0) is 18.6 Å². The lowest BCUT2D eigenvalue weighted by molar-refractivity contribution is 0.0940. The van der Waals surface area contributed by atoms with E-state index in [2.05, 4.69) is 5.32 Å². The van der Waals surface area contributed by atoms with Crippen LogP contribution in [0.3, 0.4) is 0 Å². The predicted molar refractivity (Wildman–Crippen MR) is 61.9 cm³/mol. The van der Waals surface area contributed by atoms with Crippen molar-refractivity contribution in [3.05, 3.63) is 47.5 Å². The molecule has 2 atom stereocenters. The SMILES string of the molecule is O=C(N[C@@H]1C=C[C@H](CO)C1)c1cc(F)cc(F)c1. The molecular formula is C13H13F2NO2. The van der Waals surface area contributed by atoms with E-state index in [1.165, 1.54) is 0 Å². The van der Waals surface area contributed by atoms with Gasteiger partial charge < -0.3 is 10.4 Å². The standard InChI is InChI=1S/C13H13F2NO2/c14-10-4-9(5-11(15)6-10)13(18)16-12-2-1-8(3-12)7-17/h1-2,4-6,8,12,17H,3,7H2,(H,16,18)/t8-,12+/m0/s1. The van der Waals surface area contributed by atoms with E-state index in [-0.39, 0.29) is 24.1 Å². The predicted octanol–water partition coefficient (Wildman–Crippen LogP) is 1.63. The number of carbonyl (C=O) groups is 1. The smallest absolute Gasteiger partial charge is 0.251 e. The molecule has 1 aliphatic carbocycles. The summed E-state index contributed by atoms with van der Waals surface area (Å²) in [5, 5.41) is 11.6. The molecule has 0 fully saturated rings. The highest BCUT2D eigenvalue weighted by molar-refractivity contribution is 5.94. The molecule has 1 aromatic carbocycles. The van der Waals surface area contributed by atoms with Crippen LogP contribution in [0.2, 0.25) is 0 Å². The molecule has 1 aliphatic rings. The number of aliphatic hydroxyl groups is 1. The summed E-state index contributed by atoms with van der Waals surface area (Å²) in [6.45, 7) is 0.0253. The molecule has 2 N–H and O–H groups in total. The van der Waals surface area contributed by atoms with Gasteiger partial charge >= 0.3 is 0 Å². The Balaban J connectivity index is 2.02. The molecule has 1 amide bonds. The Morgan fingerprint density at radius 1 is 1.28 bits per heavy atom. The van der Waals surface area contributed by atoms with E-state index >= 15 is 0 Å². The van der Waals surface area contributed by atoms with Gasteiger partial charge in [0.2, 0.25) is 0 Å². The zero-order valence-electron chi connectivity index (χ0n) is 9.57. The topological polar surface area (TPSA) is 49.3 Å². The molecule has 0 aromatic heterocycles. The number of hydrogen-bond acceptors (Lipinski definition) is 2. The van der Waals surface area contributed by atoms with E-state index in [9.17, 15) is 13.6 Å². The molecule has 3 nitrogen and oxygen atoms in total. The minimum absolute atomic E-state index is 0.0253. The van der Waals surface area contributed by atoms with Crippen LogP contribution in [-0.4, -0.2) is 23.7 Å². The monoisotopic (exact) mass is 253 g/mol. The largest absolute Gasteiger partial charge is 0.396 e. The molecule has 96 valence electrons. The van der Waals surface area contributed by atoms with Gasteiger partial charge in [0, 0.05) is 30.2 Å². The molecule has 0 spiro atoms. The summed E-state index contributed by atoms with van der Waals surface area (Å²) < 4.78 is 25.9. The summed E-state index contributed by atoms with van der Waals surface area (Å²) in [5.41, 5.74) is -0.0478. The van der Waals surface area contributed by atoms with Crippen molar-refractivity contribution in [2.75, 3.05) is 6.61 Å². The maximum atomic E-state index is 13.0. The molecule has 2 rings (SSSR count). The molecule has 0 unspecified atom stereocenters. The molecular weight excluding hydrogens is 240 g/mol. The first-order chi connectivity index (χ1) is 8.58. The number of amides is 1. The van der Waals surface area contributed by atoms with Crippen LogP contribution in [0, 0.1) is 17.6 Å². The van der Waals surface area contributed by atoms with Crippen molar-refractivity contribution in [1.29, 1.82) is 0 Å². The fourth-order valence-electron chi connectivity index (χ4n) is 1.95. The van der Waals surface area contributed by atoms with Gasteiger partial charge in [0.1, 0.15) is 11.6 Å². The average molecular weight is 253 g/mol. The van der Waals surface area contributed by atoms with E-state index in [4.69, 9.17) is 5.11 Å². The Morgan fingerprint density at radius 3 is 2.50 bits per heavy atom. The van der Waals surface area contributed by atoms with E-state index in [1.54, 1.807) is 6.08 Å². The van der Waals surface area contributed by atoms with E-state index < -0.39 is 17.5 Å². The lowest BCUT2D eigenvalue weighted by Gasteiger charge is -2.12. The van der Waals surface area contributed by atoms with Crippen molar-refractivity contribution >= 4 is 5.91 Å². The fourth-order valence-corrected chi connectivity index (χ4v) is 1.95. The summed E-state index contributed by atoms with van der Waals surface area (Å²) in [4.78, 5) is 11.8. The molecule has 5 heteroatoms. The van der Waals surface area contributed by atoms with Gasteiger partial charge in [-0.2, -0.15) is 0 Å². The molecule has 0 saturated heterocycles. The molecule has 0 bridgehead atoms. The van der Waals surface area contributed by atoms with Gasteiger partial charge in [-0.25, -0.2) is 8.78 Å². The average Bonchev–Trinajstić information content (AvgIpc) is 2.75. The summed E-state index contributed by atoms with van der Waals surface area (Å²) >= 11 is 0. The second-order valence-electron chi connectivity index (χ2n) is 4.30. The van der Waals surface area contributed by atoms with Crippen LogP contribution < -0.4 is 5.32 Å². The van der Waals surface area contributed by atoms with Gasteiger partial charge in [0.05, 0.1) is 0 Å². The lowest BCUT2D eigenvalue weighted by Crippen LogP contribution is -2.33. The van der Waals surface area contributed by atoms with Gasteiger partial charge in [-0.1, -0.05) is 12.2 Å². The highest BCUT2D eigenvalue weighted by atomic mass is 19.1. The quantitative estimate of drug-likeness (QED) is 0.804. The number of hydrogen-bond donors (Lipinski definition) is 2. The molecule has 0 heterocycles. The zero-order valence-corrected chi connectivity index (χ0v) is 9.57. The van der Waals surface area contributed by atoms with Crippen LogP contribution in [0.25, 0.3) is 0 Å². The molecule has 1 aromatic rings. The highest BCUT2D eigenvalue weighted by Gasteiger charge is 2.20. The first-order valence-corrected chi connectivity index (χ1v) is 5.64. The Kier molecular flexibility index (Phi) is 3.72. The summed E-state index contributed by atoms with van der Waals surface area (Å²) in [6, 6.07) is 2.48. The number of rotatable bonds is 3. The van der Waals surface area contributed by atoms with Crippen molar-refractivity contribution in [1.82, 2.24) is 5.32 Å². The summed E-state index contributed by atoms with van der Waals surface area (Å²) in [6.07, 6.45) is 4.19. The van der Waals surface area contributed by atoms with Crippen LogP contribution in [0.5, 0.6) is 0 Å². The van der Waals surface area contributed by atoms with Gasteiger partial charge in [0.15, 0.2) is 0 Å². The second kappa shape index (κ2) is 5.27. The first kappa shape index (κ1) is 12.7. The Hall–Kier alpha value is -1.75. The fraction of sp³-hybridized carbons (Fsp3) is 0.308. The van der Waals surface area contributed by atoms with E-state index in [0.29, 0.717) is 12.5 Å². The molecule has 18 heavy (non-hydrogen) atoms. The second-order valence-corrected chi connectivity index (χ2v) is 4.30.